The van der Waals surface area contributed by atoms with Crippen molar-refractivity contribution in [2.24, 2.45) is 17.6 Å². The molecule has 4 N–H and O–H groups in total. The Labute approximate surface area is 154 Å². The van der Waals surface area contributed by atoms with Crippen LogP contribution in [0, 0.1) is 11.8 Å². The Hall–Kier alpha value is -2.21. The van der Waals surface area contributed by atoms with E-state index >= 15 is 0 Å². The molecule has 0 aromatic heterocycles. The molecule has 1 saturated carbocycles. The molecular formula is C20H29N3O3. The minimum absolute atomic E-state index is 0.0180. The van der Waals surface area contributed by atoms with Gasteiger partial charge in [0.05, 0.1) is 0 Å². The second kappa shape index (κ2) is 10.1. The van der Waals surface area contributed by atoms with Gasteiger partial charge in [0.1, 0.15) is 12.3 Å². The summed E-state index contributed by atoms with van der Waals surface area (Å²) >= 11 is 0. The van der Waals surface area contributed by atoms with Crippen molar-refractivity contribution in [3.05, 3.63) is 35.4 Å². The fraction of sp³-hybridized carbons (Fsp3) is 0.550. The van der Waals surface area contributed by atoms with Crippen LogP contribution in [0.2, 0.25) is 0 Å². The second-order valence-electron chi connectivity index (χ2n) is 7.00. The molecule has 1 unspecified atom stereocenters. The SMILES string of the molecule is CCC(NC(=O)C1CCC(CN)CC1)C(=O)NCc1ccc(C=O)cc1. The van der Waals surface area contributed by atoms with Gasteiger partial charge in [-0.3, -0.25) is 14.4 Å². The average Bonchev–Trinajstić information content (AvgIpc) is 2.70. The van der Waals surface area contributed by atoms with Gasteiger partial charge >= 0.3 is 0 Å². The van der Waals surface area contributed by atoms with Crippen LogP contribution in [-0.2, 0) is 16.1 Å². The maximum absolute atomic E-state index is 12.5. The third kappa shape index (κ3) is 5.66. The van der Waals surface area contributed by atoms with Gasteiger partial charge in [0.2, 0.25) is 11.8 Å². The van der Waals surface area contributed by atoms with E-state index in [2.05, 4.69) is 10.6 Å². The number of aldehydes is 1. The first-order valence-corrected chi connectivity index (χ1v) is 9.39. The number of amides is 2. The van der Waals surface area contributed by atoms with Crippen LogP contribution in [0.1, 0.15) is 54.9 Å². The molecule has 6 heteroatoms. The molecule has 2 amide bonds. The summed E-state index contributed by atoms with van der Waals surface area (Å²) < 4.78 is 0. The molecule has 1 aliphatic rings. The summed E-state index contributed by atoms with van der Waals surface area (Å²) in [4.78, 5) is 35.5. The Morgan fingerprint density at radius 2 is 1.85 bits per heavy atom. The van der Waals surface area contributed by atoms with E-state index in [1.54, 1.807) is 24.3 Å². The zero-order valence-electron chi connectivity index (χ0n) is 15.4. The molecular weight excluding hydrogens is 330 g/mol. The summed E-state index contributed by atoms with van der Waals surface area (Å²) in [5.74, 6) is 0.291. The van der Waals surface area contributed by atoms with E-state index in [0.29, 0.717) is 31.0 Å². The molecule has 1 aliphatic carbocycles. The van der Waals surface area contributed by atoms with E-state index in [-0.39, 0.29) is 17.7 Å². The first-order valence-electron chi connectivity index (χ1n) is 9.39. The van der Waals surface area contributed by atoms with Crippen LogP contribution in [0.25, 0.3) is 0 Å². The summed E-state index contributed by atoms with van der Waals surface area (Å²) in [7, 11) is 0. The van der Waals surface area contributed by atoms with Gasteiger partial charge in [0.15, 0.2) is 0 Å². The van der Waals surface area contributed by atoms with Gasteiger partial charge < -0.3 is 16.4 Å². The molecule has 1 fully saturated rings. The van der Waals surface area contributed by atoms with Crippen molar-refractivity contribution >= 4 is 18.1 Å². The van der Waals surface area contributed by atoms with Crippen LogP contribution in [-0.4, -0.2) is 30.7 Å². The highest BCUT2D eigenvalue weighted by atomic mass is 16.2. The Balaban J connectivity index is 1.81. The number of nitrogens with two attached hydrogens (primary N) is 1. The monoisotopic (exact) mass is 359 g/mol. The molecule has 0 saturated heterocycles. The highest BCUT2D eigenvalue weighted by Gasteiger charge is 2.28. The van der Waals surface area contributed by atoms with Gasteiger partial charge in [-0.2, -0.15) is 0 Å². The van der Waals surface area contributed by atoms with Crippen LogP contribution >= 0.6 is 0 Å². The molecule has 1 atom stereocenters. The molecule has 0 radical (unpaired) electrons. The highest BCUT2D eigenvalue weighted by Crippen LogP contribution is 2.28. The minimum Gasteiger partial charge on any atom is -0.350 e. The number of hydrogen-bond donors (Lipinski definition) is 3. The van der Waals surface area contributed by atoms with Crippen molar-refractivity contribution < 1.29 is 14.4 Å². The van der Waals surface area contributed by atoms with Crippen molar-refractivity contribution in [3.63, 3.8) is 0 Å². The minimum atomic E-state index is -0.524. The topological polar surface area (TPSA) is 101 Å². The van der Waals surface area contributed by atoms with E-state index in [9.17, 15) is 14.4 Å². The maximum Gasteiger partial charge on any atom is 0.242 e. The molecule has 1 aromatic carbocycles. The smallest absolute Gasteiger partial charge is 0.242 e. The fourth-order valence-electron chi connectivity index (χ4n) is 3.33. The lowest BCUT2D eigenvalue weighted by Gasteiger charge is -2.28. The summed E-state index contributed by atoms with van der Waals surface area (Å²) in [5, 5.41) is 5.75. The Morgan fingerprint density at radius 3 is 2.38 bits per heavy atom. The molecule has 0 spiro atoms. The maximum atomic E-state index is 12.5. The number of nitrogens with one attached hydrogen (secondary N) is 2. The quantitative estimate of drug-likeness (QED) is 0.616. The van der Waals surface area contributed by atoms with Crippen LogP contribution in [0.5, 0.6) is 0 Å². The van der Waals surface area contributed by atoms with E-state index in [0.717, 1.165) is 37.5 Å². The largest absolute Gasteiger partial charge is 0.350 e. The Morgan fingerprint density at radius 1 is 1.19 bits per heavy atom. The van der Waals surface area contributed by atoms with Crippen molar-refractivity contribution in [3.8, 4) is 0 Å². The van der Waals surface area contributed by atoms with Crippen LogP contribution in [0.3, 0.4) is 0 Å². The molecule has 1 aromatic rings. The summed E-state index contributed by atoms with van der Waals surface area (Å²) in [6.45, 7) is 2.93. The Kier molecular flexibility index (Phi) is 7.78. The third-order valence-corrected chi connectivity index (χ3v) is 5.17. The average molecular weight is 359 g/mol. The van der Waals surface area contributed by atoms with Gasteiger partial charge in [-0.05, 0) is 50.1 Å². The number of rotatable bonds is 8. The summed E-state index contributed by atoms with van der Waals surface area (Å²) in [6.07, 6.45) is 4.97. The van der Waals surface area contributed by atoms with E-state index < -0.39 is 6.04 Å². The van der Waals surface area contributed by atoms with E-state index in [1.807, 2.05) is 6.92 Å². The van der Waals surface area contributed by atoms with Crippen molar-refractivity contribution in [1.29, 1.82) is 0 Å². The van der Waals surface area contributed by atoms with Crippen LogP contribution in [0.4, 0.5) is 0 Å². The lowest BCUT2D eigenvalue weighted by atomic mass is 9.81. The standard InChI is InChI=1S/C20H29N3O3/c1-2-18(23-19(25)17-9-7-14(11-21)8-10-17)20(26)22-12-15-3-5-16(13-24)6-4-15/h3-6,13-14,17-18H,2,7-12,21H2,1H3,(H,22,26)(H,23,25). The predicted octanol–water partition coefficient (Wildman–Crippen LogP) is 1.78. The summed E-state index contributed by atoms with van der Waals surface area (Å²) in [5.41, 5.74) is 7.20. The van der Waals surface area contributed by atoms with Gasteiger partial charge in [0.25, 0.3) is 0 Å². The van der Waals surface area contributed by atoms with E-state index in [4.69, 9.17) is 5.73 Å². The van der Waals surface area contributed by atoms with Crippen molar-refractivity contribution in [1.82, 2.24) is 10.6 Å². The number of benzene rings is 1. The van der Waals surface area contributed by atoms with Gasteiger partial charge in [-0.25, -0.2) is 0 Å². The van der Waals surface area contributed by atoms with Crippen molar-refractivity contribution in [2.45, 2.75) is 51.6 Å². The normalized spacial score (nSPS) is 20.8. The zero-order chi connectivity index (χ0) is 18.9. The number of hydrogen-bond acceptors (Lipinski definition) is 4. The van der Waals surface area contributed by atoms with E-state index in [1.165, 1.54) is 0 Å². The second-order valence-corrected chi connectivity index (χ2v) is 7.00. The molecule has 2 rings (SSSR count). The van der Waals surface area contributed by atoms with Crippen LogP contribution in [0.15, 0.2) is 24.3 Å². The third-order valence-electron chi connectivity index (χ3n) is 5.17. The summed E-state index contributed by atoms with van der Waals surface area (Å²) in [6, 6.07) is 6.51. The lowest BCUT2D eigenvalue weighted by Crippen LogP contribution is -2.48. The number of carbonyl (C=O) groups is 3. The fourth-order valence-corrected chi connectivity index (χ4v) is 3.33. The zero-order valence-corrected chi connectivity index (χ0v) is 15.4. The van der Waals surface area contributed by atoms with Gasteiger partial charge in [0, 0.05) is 18.0 Å². The molecule has 142 valence electrons. The number of carbonyl (C=O) groups excluding carboxylic acids is 3. The molecule has 6 nitrogen and oxygen atoms in total. The van der Waals surface area contributed by atoms with Crippen LogP contribution < -0.4 is 16.4 Å². The predicted molar refractivity (Wildman–Crippen MR) is 100 cm³/mol. The molecule has 0 bridgehead atoms. The molecule has 0 heterocycles. The Bertz CT molecular complexity index is 607. The van der Waals surface area contributed by atoms with Crippen molar-refractivity contribution in [2.75, 3.05) is 6.54 Å². The van der Waals surface area contributed by atoms with Gasteiger partial charge in [-0.15, -0.1) is 0 Å². The highest BCUT2D eigenvalue weighted by molar-refractivity contribution is 5.88. The lowest BCUT2D eigenvalue weighted by molar-refractivity contribution is -0.132. The molecule has 0 aliphatic heterocycles. The first-order chi connectivity index (χ1) is 12.6. The molecule has 26 heavy (non-hydrogen) atoms. The van der Waals surface area contributed by atoms with Gasteiger partial charge in [-0.1, -0.05) is 31.2 Å². The first kappa shape index (κ1) is 20.1.